The summed E-state index contributed by atoms with van der Waals surface area (Å²) >= 11 is 0. The third-order valence-electron chi connectivity index (χ3n) is 4.56. The van der Waals surface area contributed by atoms with Gasteiger partial charge >= 0.3 is 0 Å². The average Bonchev–Trinajstić information content (AvgIpc) is 2.85. The Bertz CT molecular complexity index is 522. The minimum absolute atomic E-state index is 0.0226. The fourth-order valence-electron chi connectivity index (χ4n) is 3.34. The maximum atomic E-state index is 12.5. The van der Waals surface area contributed by atoms with Gasteiger partial charge in [-0.3, -0.25) is 9.48 Å². The lowest BCUT2D eigenvalue weighted by atomic mass is 9.87. The SMILES string of the molecule is Cc1c(C(=O)NC[C@H]2CCCO[C@H]2C(C)C)cnn1CC(C)C. The maximum Gasteiger partial charge on any atom is 0.254 e. The summed E-state index contributed by atoms with van der Waals surface area (Å²) in [4.78, 5) is 12.5. The molecule has 130 valence electrons. The lowest BCUT2D eigenvalue weighted by Gasteiger charge is -2.34. The molecule has 23 heavy (non-hydrogen) atoms. The molecule has 1 amide bonds. The molecule has 1 aromatic rings. The molecular formula is C18H31N3O2. The molecule has 1 fully saturated rings. The number of hydrogen-bond donors (Lipinski definition) is 1. The zero-order valence-electron chi connectivity index (χ0n) is 15.1. The van der Waals surface area contributed by atoms with Crippen molar-refractivity contribution in [2.24, 2.45) is 17.8 Å². The van der Waals surface area contributed by atoms with E-state index >= 15 is 0 Å². The second-order valence-corrected chi connectivity index (χ2v) is 7.41. The smallest absolute Gasteiger partial charge is 0.254 e. The van der Waals surface area contributed by atoms with E-state index in [9.17, 15) is 4.79 Å². The van der Waals surface area contributed by atoms with Crippen molar-refractivity contribution in [3.05, 3.63) is 17.5 Å². The first-order valence-corrected chi connectivity index (χ1v) is 8.82. The summed E-state index contributed by atoms with van der Waals surface area (Å²) in [6, 6.07) is 0. The Morgan fingerprint density at radius 2 is 2.17 bits per heavy atom. The molecule has 0 spiro atoms. The lowest BCUT2D eigenvalue weighted by Crippen LogP contribution is -2.41. The summed E-state index contributed by atoms with van der Waals surface area (Å²) < 4.78 is 7.81. The van der Waals surface area contributed by atoms with Crippen molar-refractivity contribution in [2.45, 2.75) is 60.1 Å². The topological polar surface area (TPSA) is 56.1 Å². The number of carbonyl (C=O) groups is 1. The van der Waals surface area contributed by atoms with E-state index in [1.165, 1.54) is 0 Å². The average molecular weight is 321 g/mol. The maximum absolute atomic E-state index is 12.5. The molecule has 2 atom stereocenters. The van der Waals surface area contributed by atoms with E-state index in [2.05, 4.69) is 38.1 Å². The summed E-state index contributed by atoms with van der Waals surface area (Å²) in [5.41, 5.74) is 1.62. The van der Waals surface area contributed by atoms with Crippen LogP contribution in [0.2, 0.25) is 0 Å². The molecule has 0 saturated carbocycles. The summed E-state index contributed by atoms with van der Waals surface area (Å²) in [5.74, 6) is 1.37. The van der Waals surface area contributed by atoms with Gasteiger partial charge in [-0.1, -0.05) is 27.7 Å². The van der Waals surface area contributed by atoms with Crippen LogP contribution in [0.5, 0.6) is 0 Å². The van der Waals surface area contributed by atoms with Crippen molar-refractivity contribution in [1.29, 1.82) is 0 Å². The highest BCUT2D eigenvalue weighted by molar-refractivity contribution is 5.95. The summed E-state index contributed by atoms with van der Waals surface area (Å²) in [7, 11) is 0. The molecule has 0 bridgehead atoms. The van der Waals surface area contributed by atoms with Crippen molar-refractivity contribution >= 4 is 5.91 Å². The molecule has 0 aliphatic carbocycles. The van der Waals surface area contributed by atoms with Crippen LogP contribution in [0.15, 0.2) is 6.20 Å². The molecule has 0 aromatic carbocycles. The number of carbonyl (C=O) groups excluding carboxylic acids is 1. The summed E-state index contributed by atoms with van der Waals surface area (Å²) in [6.07, 6.45) is 4.13. The number of rotatable bonds is 6. The van der Waals surface area contributed by atoms with Crippen LogP contribution in [0.1, 0.15) is 56.6 Å². The highest BCUT2D eigenvalue weighted by Gasteiger charge is 2.29. The first-order valence-electron chi connectivity index (χ1n) is 8.82. The fourth-order valence-corrected chi connectivity index (χ4v) is 3.34. The molecule has 1 aliphatic rings. The minimum Gasteiger partial charge on any atom is -0.378 e. The van der Waals surface area contributed by atoms with Gasteiger partial charge in [0.2, 0.25) is 0 Å². The van der Waals surface area contributed by atoms with Crippen molar-refractivity contribution in [3.8, 4) is 0 Å². The Kier molecular flexibility index (Phi) is 6.22. The minimum atomic E-state index is -0.0226. The first kappa shape index (κ1) is 18.0. The van der Waals surface area contributed by atoms with Crippen LogP contribution in [-0.2, 0) is 11.3 Å². The van der Waals surface area contributed by atoms with Crippen LogP contribution in [0.3, 0.4) is 0 Å². The van der Waals surface area contributed by atoms with E-state index in [-0.39, 0.29) is 12.0 Å². The molecule has 5 nitrogen and oxygen atoms in total. The molecule has 2 rings (SSSR count). The van der Waals surface area contributed by atoms with Crippen LogP contribution in [0, 0.1) is 24.7 Å². The van der Waals surface area contributed by atoms with Gasteiger partial charge in [0.15, 0.2) is 0 Å². The predicted molar refractivity (Wildman–Crippen MR) is 91.4 cm³/mol. The van der Waals surface area contributed by atoms with Crippen LogP contribution in [0.4, 0.5) is 0 Å². The molecule has 1 aliphatic heterocycles. The number of ether oxygens (including phenoxy) is 1. The number of aromatic nitrogens is 2. The van der Waals surface area contributed by atoms with E-state index in [4.69, 9.17) is 4.74 Å². The van der Waals surface area contributed by atoms with Gasteiger partial charge < -0.3 is 10.1 Å². The van der Waals surface area contributed by atoms with Crippen molar-refractivity contribution < 1.29 is 9.53 Å². The normalized spacial score (nSPS) is 21.9. The van der Waals surface area contributed by atoms with Gasteiger partial charge in [0.1, 0.15) is 0 Å². The molecule has 1 saturated heterocycles. The highest BCUT2D eigenvalue weighted by Crippen LogP contribution is 2.25. The molecule has 0 radical (unpaired) electrons. The van der Waals surface area contributed by atoms with E-state index < -0.39 is 0 Å². The summed E-state index contributed by atoms with van der Waals surface area (Å²) in [5, 5.41) is 7.43. The molecular weight excluding hydrogens is 290 g/mol. The molecule has 0 unspecified atom stereocenters. The van der Waals surface area contributed by atoms with E-state index in [0.29, 0.717) is 29.9 Å². The molecule has 1 aromatic heterocycles. The van der Waals surface area contributed by atoms with Gasteiger partial charge in [0, 0.05) is 31.3 Å². The number of nitrogens with one attached hydrogen (secondary N) is 1. The number of hydrogen-bond acceptors (Lipinski definition) is 3. The van der Waals surface area contributed by atoms with Gasteiger partial charge in [-0.2, -0.15) is 5.10 Å². The monoisotopic (exact) mass is 321 g/mol. The van der Waals surface area contributed by atoms with Crippen LogP contribution in [0.25, 0.3) is 0 Å². The van der Waals surface area contributed by atoms with E-state index in [1.54, 1.807) is 6.20 Å². The zero-order chi connectivity index (χ0) is 17.0. The Morgan fingerprint density at radius 3 is 2.83 bits per heavy atom. The zero-order valence-corrected chi connectivity index (χ0v) is 15.1. The Hall–Kier alpha value is -1.36. The largest absolute Gasteiger partial charge is 0.378 e. The third-order valence-corrected chi connectivity index (χ3v) is 4.56. The molecule has 1 N–H and O–H groups in total. The summed E-state index contributed by atoms with van der Waals surface area (Å²) in [6.45, 7) is 13.0. The Balaban J connectivity index is 1.95. The highest BCUT2D eigenvalue weighted by atomic mass is 16.5. The third kappa shape index (κ3) is 4.56. The van der Waals surface area contributed by atoms with Crippen molar-refractivity contribution in [1.82, 2.24) is 15.1 Å². The van der Waals surface area contributed by atoms with Gasteiger partial charge in [-0.15, -0.1) is 0 Å². The molecule has 2 heterocycles. The van der Waals surface area contributed by atoms with Gasteiger partial charge in [0.05, 0.1) is 17.9 Å². The number of nitrogens with zero attached hydrogens (tertiary/aromatic N) is 2. The van der Waals surface area contributed by atoms with Crippen molar-refractivity contribution in [2.75, 3.05) is 13.2 Å². The van der Waals surface area contributed by atoms with Crippen LogP contribution < -0.4 is 5.32 Å². The van der Waals surface area contributed by atoms with Crippen molar-refractivity contribution in [3.63, 3.8) is 0 Å². The Morgan fingerprint density at radius 1 is 1.43 bits per heavy atom. The quantitative estimate of drug-likeness (QED) is 0.876. The van der Waals surface area contributed by atoms with Gasteiger partial charge in [-0.25, -0.2) is 0 Å². The van der Waals surface area contributed by atoms with Crippen LogP contribution >= 0.6 is 0 Å². The van der Waals surface area contributed by atoms with Gasteiger partial charge in [-0.05, 0) is 31.6 Å². The second-order valence-electron chi connectivity index (χ2n) is 7.41. The molecule has 5 heteroatoms. The standard InChI is InChI=1S/C18H31N3O2/c1-12(2)11-21-14(5)16(10-20-21)18(22)19-9-15-7-6-8-23-17(15)13(3)4/h10,12-13,15,17H,6-9,11H2,1-5H3,(H,19,22)/t15-,17+/m1/s1. The van der Waals surface area contributed by atoms with Crippen LogP contribution in [-0.4, -0.2) is 34.9 Å². The second kappa shape index (κ2) is 7.95. The first-order chi connectivity index (χ1) is 10.9. The lowest BCUT2D eigenvalue weighted by molar-refractivity contribution is -0.0510. The fraction of sp³-hybridized carbons (Fsp3) is 0.778. The van der Waals surface area contributed by atoms with E-state index in [1.807, 2.05) is 11.6 Å². The predicted octanol–water partition coefficient (Wildman–Crippen LogP) is 3.03. The number of amides is 1. The van der Waals surface area contributed by atoms with E-state index in [0.717, 1.165) is 31.7 Å². The Labute approximate surface area is 139 Å². The van der Waals surface area contributed by atoms with Gasteiger partial charge in [0.25, 0.3) is 5.91 Å².